The maximum absolute atomic E-state index is 11.3. The highest BCUT2D eigenvalue weighted by Gasteiger charge is 2.18. The van der Waals surface area contributed by atoms with Crippen LogP contribution in [-0.2, 0) is 27.9 Å². The predicted molar refractivity (Wildman–Crippen MR) is 87.3 cm³/mol. The van der Waals surface area contributed by atoms with E-state index in [0.717, 1.165) is 18.1 Å². The monoisotopic (exact) mass is 328 g/mol. The van der Waals surface area contributed by atoms with E-state index in [0.29, 0.717) is 12.0 Å². The van der Waals surface area contributed by atoms with Crippen LogP contribution >= 0.6 is 0 Å². The standard InChI is InChI=1S/C13H17NO4S.C2H7N/c1-3-6-10-7-5-8-12(19(16,17)18)11(10)9-14-13(15)4-2;1-3-2/h4-5,7-8H,2-3,6,9H2,1H3,(H,14,15)(H,16,17,18);3H,1-2H3. The fourth-order valence-corrected chi connectivity index (χ4v) is 2.57. The first-order valence-electron chi connectivity index (χ1n) is 6.88. The molecule has 0 spiro atoms. The minimum atomic E-state index is -4.31. The zero-order valence-electron chi connectivity index (χ0n) is 13.2. The highest BCUT2D eigenvalue weighted by Crippen LogP contribution is 2.21. The summed E-state index contributed by atoms with van der Waals surface area (Å²) in [6, 6.07) is 4.68. The summed E-state index contributed by atoms with van der Waals surface area (Å²) in [6.07, 6.45) is 2.61. The lowest BCUT2D eigenvalue weighted by Crippen LogP contribution is -2.22. The van der Waals surface area contributed by atoms with Crippen molar-refractivity contribution in [3.63, 3.8) is 0 Å². The fourth-order valence-electron chi connectivity index (χ4n) is 1.80. The molecule has 0 fully saturated rings. The molecule has 0 saturated heterocycles. The van der Waals surface area contributed by atoms with E-state index in [1.807, 2.05) is 21.0 Å². The van der Waals surface area contributed by atoms with E-state index in [2.05, 4.69) is 17.2 Å². The van der Waals surface area contributed by atoms with Crippen molar-refractivity contribution < 1.29 is 17.8 Å². The third-order valence-electron chi connectivity index (χ3n) is 2.65. The Bertz CT molecular complexity index is 598. The summed E-state index contributed by atoms with van der Waals surface area (Å²) >= 11 is 0. The Kier molecular flexibility index (Phi) is 9.32. The second-order valence-corrected chi connectivity index (χ2v) is 5.93. The molecular formula is C15H24N2O4S. The molecule has 3 N–H and O–H groups in total. The second kappa shape index (κ2) is 10.1. The smallest absolute Gasteiger partial charge is 0.294 e. The first-order chi connectivity index (χ1) is 10.3. The molecular weight excluding hydrogens is 304 g/mol. The van der Waals surface area contributed by atoms with Gasteiger partial charge in [0.2, 0.25) is 5.91 Å². The van der Waals surface area contributed by atoms with Gasteiger partial charge in [0.05, 0.1) is 4.90 Å². The maximum Gasteiger partial charge on any atom is 0.294 e. The van der Waals surface area contributed by atoms with Crippen LogP contribution in [0.3, 0.4) is 0 Å². The van der Waals surface area contributed by atoms with E-state index in [9.17, 15) is 17.8 Å². The van der Waals surface area contributed by atoms with Crippen molar-refractivity contribution in [2.24, 2.45) is 0 Å². The Morgan fingerprint density at radius 1 is 1.36 bits per heavy atom. The molecule has 6 nitrogen and oxygen atoms in total. The van der Waals surface area contributed by atoms with E-state index in [1.54, 1.807) is 12.1 Å². The average molecular weight is 328 g/mol. The Hall–Kier alpha value is -1.70. The van der Waals surface area contributed by atoms with Gasteiger partial charge in [-0.1, -0.05) is 32.1 Å². The van der Waals surface area contributed by atoms with Crippen molar-refractivity contribution in [1.29, 1.82) is 0 Å². The van der Waals surface area contributed by atoms with E-state index in [-0.39, 0.29) is 11.4 Å². The molecule has 0 heterocycles. The van der Waals surface area contributed by atoms with Crippen LogP contribution in [0.1, 0.15) is 24.5 Å². The third-order valence-corrected chi connectivity index (χ3v) is 3.59. The molecule has 0 aliphatic rings. The number of hydrogen-bond acceptors (Lipinski definition) is 4. The summed E-state index contributed by atoms with van der Waals surface area (Å²) in [4.78, 5) is 11.0. The van der Waals surface area contributed by atoms with Gasteiger partial charge in [-0.2, -0.15) is 8.42 Å². The Morgan fingerprint density at radius 3 is 2.41 bits per heavy atom. The zero-order valence-corrected chi connectivity index (χ0v) is 14.0. The molecule has 22 heavy (non-hydrogen) atoms. The predicted octanol–water partition coefficient (Wildman–Crippen LogP) is 1.52. The maximum atomic E-state index is 11.3. The summed E-state index contributed by atoms with van der Waals surface area (Å²) in [6.45, 7) is 5.33. The molecule has 0 aliphatic heterocycles. The lowest BCUT2D eigenvalue weighted by atomic mass is 10.0. The van der Waals surface area contributed by atoms with Crippen LogP contribution in [0.2, 0.25) is 0 Å². The molecule has 0 aromatic heterocycles. The van der Waals surface area contributed by atoms with Gasteiger partial charge in [0.1, 0.15) is 0 Å². The van der Waals surface area contributed by atoms with E-state index in [1.165, 1.54) is 6.07 Å². The summed E-state index contributed by atoms with van der Waals surface area (Å²) in [7, 11) is -0.556. The Morgan fingerprint density at radius 2 is 1.95 bits per heavy atom. The van der Waals surface area contributed by atoms with Crippen LogP contribution in [0.4, 0.5) is 0 Å². The van der Waals surface area contributed by atoms with Crippen LogP contribution in [0, 0.1) is 0 Å². The summed E-state index contributed by atoms with van der Waals surface area (Å²) in [5.74, 6) is -0.396. The third kappa shape index (κ3) is 6.84. The zero-order chi connectivity index (χ0) is 17.2. The number of benzene rings is 1. The average Bonchev–Trinajstić information content (AvgIpc) is 2.45. The molecule has 1 aromatic carbocycles. The Balaban J connectivity index is 0.00000135. The van der Waals surface area contributed by atoms with Crippen LogP contribution in [0.5, 0.6) is 0 Å². The van der Waals surface area contributed by atoms with E-state index >= 15 is 0 Å². The van der Waals surface area contributed by atoms with Gasteiger partial charge in [-0.25, -0.2) is 0 Å². The molecule has 1 amide bonds. The highest BCUT2D eigenvalue weighted by molar-refractivity contribution is 7.85. The summed E-state index contributed by atoms with van der Waals surface area (Å²) in [5.41, 5.74) is 1.21. The normalized spacial score (nSPS) is 10.4. The van der Waals surface area contributed by atoms with Crippen molar-refractivity contribution in [2.45, 2.75) is 31.2 Å². The molecule has 0 unspecified atom stereocenters. The van der Waals surface area contributed by atoms with Crippen LogP contribution in [0.15, 0.2) is 35.7 Å². The molecule has 0 aliphatic carbocycles. The molecule has 124 valence electrons. The fraction of sp³-hybridized carbons (Fsp3) is 0.400. The first-order valence-corrected chi connectivity index (χ1v) is 8.32. The van der Waals surface area contributed by atoms with Gasteiger partial charge in [-0.3, -0.25) is 9.35 Å². The van der Waals surface area contributed by atoms with E-state index < -0.39 is 16.0 Å². The lowest BCUT2D eigenvalue weighted by molar-refractivity contribution is -0.116. The molecule has 1 aromatic rings. The van der Waals surface area contributed by atoms with E-state index in [4.69, 9.17) is 0 Å². The largest absolute Gasteiger partial charge is 0.348 e. The number of carbonyl (C=O) groups is 1. The number of nitrogens with one attached hydrogen (secondary N) is 2. The highest BCUT2D eigenvalue weighted by atomic mass is 32.2. The van der Waals surface area contributed by atoms with Crippen molar-refractivity contribution in [3.05, 3.63) is 42.0 Å². The van der Waals surface area contributed by atoms with Crippen LogP contribution < -0.4 is 10.6 Å². The van der Waals surface area contributed by atoms with Crippen molar-refractivity contribution in [1.82, 2.24) is 10.6 Å². The van der Waals surface area contributed by atoms with Crippen molar-refractivity contribution >= 4 is 16.0 Å². The van der Waals surface area contributed by atoms with Gasteiger partial charge < -0.3 is 10.6 Å². The molecule has 0 atom stereocenters. The van der Waals surface area contributed by atoms with Crippen molar-refractivity contribution in [3.8, 4) is 0 Å². The van der Waals surface area contributed by atoms with Gasteiger partial charge in [-0.15, -0.1) is 0 Å². The summed E-state index contributed by atoms with van der Waals surface area (Å²) < 4.78 is 31.9. The quantitative estimate of drug-likeness (QED) is 0.543. The Labute approximate surface area is 132 Å². The van der Waals surface area contributed by atoms with Crippen LogP contribution in [0.25, 0.3) is 0 Å². The number of carbonyl (C=O) groups excluding carboxylic acids is 1. The topological polar surface area (TPSA) is 95.5 Å². The number of hydrogen-bond donors (Lipinski definition) is 3. The van der Waals surface area contributed by atoms with Gasteiger partial charge in [0.25, 0.3) is 10.1 Å². The minimum Gasteiger partial charge on any atom is -0.348 e. The van der Waals surface area contributed by atoms with Gasteiger partial charge in [0.15, 0.2) is 0 Å². The van der Waals surface area contributed by atoms with Crippen LogP contribution in [-0.4, -0.2) is 33.0 Å². The molecule has 1 rings (SSSR count). The van der Waals surface area contributed by atoms with Gasteiger partial charge in [-0.05, 0) is 43.8 Å². The first kappa shape index (κ1) is 20.3. The summed E-state index contributed by atoms with van der Waals surface area (Å²) in [5, 5.41) is 5.28. The van der Waals surface area contributed by atoms with Crippen molar-refractivity contribution in [2.75, 3.05) is 14.1 Å². The SMILES string of the molecule is C=CC(=O)NCc1c(CCC)cccc1S(=O)(=O)O.CNC. The second-order valence-electron chi connectivity index (χ2n) is 4.54. The number of amides is 1. The minimum absolute atomic E-state index is 0.0378. The lowest BCUT2D eigenvalue weighted by Gasteiger charge is -2.13. The molecule has 0 saturated carbocycles. The molecule has 0 radical (unpaired) electrons. The number of rotatable bonds is 6. The van der Waals surface area contributed by atoms with Gasteiger partial charge in [0, 0.05) is 6.54 Å². The molecule has 0 bridgehead atoms. The van der Waals surface area contributed by atoms with Gasteiger partial charge >= 0.3 is 0 Å². The number of aryl methyl sites for hydroxylation is 1. The molecule has 7 heteroatoms.